The Bertz CT molecular complexity index is 1550. The van der Waals surface area contributed by atoms with Crippen molar-refractivity contribution in [3.05, 3.63) is 112 Å². The molecular weight excluding hydrogens is 609 g/mol. The van der Waals surface area contributed by atoms with Gasteiger partial charge in [-0.2, -0.15) is 0 Å². The van der Waals surface area contributed by atoms with Gasteiger partial charge in [-0.1, -0.05) is 109 Å². The van der Waals surface area contributed by atoms with Gasteiger partial charge >= 0.3 is 6.03 Å². The minimum absolute atomic E-state index is 0.0124. The van der Waals surface area contributed by atoms with Gasteiger partial charge in [0.25, 0.3) is 0 Å². The number of aliphatic hydroxyl groups is 1. The highest BCUT2D eigenvalue weighted by atomic mass is 32.2. The Morgan fingerprint density at radius 1 is 0.933 bits per heavy atom. The number of benzene rings is 3. The molecule has 2 heterocycles. The lowest BCUT2D eigenvalue weighted by atomic mass is 9.91. The van der Waals surface area contributed by atoms with E-state index in [2.05, 4.69) is 27.8 Å². The van der Waals surface area contributed by atoms with E-state index in [1.807, 2.05) is 85.8 Å². The number of rotatable bonds is 12. The van der Waals surface area contributed by atoms with Crippen molar-refractivity contribution in [3.8, 4) is 0 Å². The van der Waals surface area contributed by atoms with E-state index >= 15 is 0 Å². The number of carbonyl (C=O) groups excluding carboxylic acids is 2. The number of thioether (sulfide) groups is 1. The maximum absolute atomic E-state index is 12.6. The zero-order chi connectivity index (χ0) is 31.8. The lowest BCUT2D eigenvalue weighted by Gasteiger charge is -2.41. The number of aromatic nitrogens is 2. The van der Waals surface area contributed by atoms with Crippen LogP contribution in [0.5, 0.6) is 0 Å². The topological polar surface area (TPSA) is 123 Å². The molecule has 1 unspecified atom stereocenters. The van der Waals surface area contributed by atoms with Crippen molar-refractivity contribution in [2.45, 2.75) is 69.2 Å². The Kier molecular flexibility index (Phi) is 11.4. The zero-order valence-electron chi connectivity index (χ0n) is 25.5. The average Bonchev–Trinajstić information content (AvgIpc) is 3.48. The monoisotopic (exact) mass is 646 g/mol. The van der Waals surface area contributed by atoms with Crippen molar-refractivity contribution < 1.29 is 24.2 Å². The van der Waals surface area contributed by atoms with Gasteiger partial charge in [0.2, 0.25) is 0 Å². The molecule has 5 atom stereocenters. The lowest BCUT2D eigenvalue weighted by Crippen LogP contribution is -2.46. The molecule has 0 radical (unpaired) electrons. The van der Waals surface area contributed by atoms with Crippen LogP contribution in [0.25, 0.3) is 0 Å². The largest absolute Gasteiger partial charge is 0.392 e. The van der Waals surface area contributed by atoms with Crippen molar-refractivity contribution in [2.75, 3.05) is 5.75 Å². The van der Waals surface area contributed by atoms with Gasteiger partial charge in [0, 0.05) is 23.8 Å². The first kappa shape index (κ1) is 32.8. The summed E-state index contributed by atoms with van der Waals surface area (Å²) in [7, 11) is 0. The molecule has 2 amide bonds. The van der Waals surface area contributed by atoms with Crippen molar-refractivity contribution in [1.29, 1.82) is 0 Å². The number of carbonyl (C=O) groups is 2. The first-order chi connectivity index (χ1) is 21.8. The number of hydrogen-bond donors (Lipinski definition) is 3. The molecule has 0 spiro atoms. The highest BCUT2D eigenvalue weighted by Crippen LogP contribution is 2.43. The van der Waals surface area contributed by atoms with Crippen LogP contribution in [0.2, 0.25) is 0 Å². The molecule has 0 bridgehead atoms. The van der Waals surface area contributed by atoms with Gasteiger partial charge in [0.15, 0.2) is 16.4 Å². The number of aryl methyl sites for hydroxylation is 1. The molecule has 45 heavy (non-hydrogen) atoms. The first-order valence-corrected chi connectivity index (χ1v) is 16.7. The van der Waals surface area contributed by atoms with Crippen LogP contribution in [0.15, 0.2) is 83.2 Å². The van der Waals surface area contributed by atoms with E-state index in [9.17, 15) is 14.7 Å². The molecule has 3 N–H and O–H groups in total. The Labute approximate surface area is 271 Å². The number of hydrogen-bond acceptors (Lipinski definition) is 9. The van der Waals surface area contributed by atoms with E-state index in [1.54, 1.807) is 23.1 Å². The minimum atomic E-state index is -0.604. The van der Waals surface area contributed by atoms with E-state index in [1.165, 1.54) is 6.92 Å². The molecule has 1 aliphatic heterocycles. The van der Waals surface area contributed by atoms with Crippen LogP contribution >= 0.6 is 23.1 Å². The number of ketones is 1. The van der Waals surface area contributed by atoms with Crippen molar-refractivity contribution >= 4 is 34.9 Å². The smallest absolute Gasteiger partial charge is 0.315 e. The zero-order valence-corrected chi connectivity index (χ0v) is 27.1. The van der Waals surface area contributed by atoms with Gasteiger partial charge in [0.05, 0.1) is 24.9 Å². The van der Waals surface area contributed by atoms with Gasteiger partial charge in [-0.05, 0) is 42.5 Å². The van der Waals surface area contributed by atoms with Gasteiger partial charge in [0.1, 0.15) is 5.01 Å². The first-order valence-electron chi connectivity index (χ1n) is 14.9. The summed E-state index contributed by atoms with van der Waals surface area (Å²) in [6.07, 6.45) is -0.487. The fourth-order valence-corrected chi connectivity index (χ4v) is 7.14. The molecule has 4 aromatic rings. The summed E-state index contributed by atoms with van der Waals surface area (Å²) in [4.78, 5) is 24.8. The molecule has 5 rings (SSSR count). The Morgan fingerprint density at radius 3 is 2.27 bits per heavy atom. The predicted octanol–water partition coefficient (Wildman–Crippen LogP) is 5.92. The number of nitrogens with zero attached hydrogens (tertiary/aromatic N) is 2. The molecule has 236 valence electrons. The van der Waals surface area contributed by atoms with Gasteiger partial charge in [-0.25, -0.2) is 4.79 Å². The van der Waals surface area contributed by atoms with Crippen molar-refractivity contribution in [2.24, 2.45) is 5.92 Å². The summed E-state index contributed by atoms with van der Waals surface area (Å²) in [5.74, 6) is 0.659. The number of amides is 2. The summed E-state index contributed by atoms with van der Waals surface area (Å²) >= 11 is 3.20. The van der Waals surface area contributed by atoms with Gasteiger partial charge in [-0.3, -0.25) is 4.79 Å². The molecule has 9 nitrogen and oxygen atoms in total. The van der Waals surface area contributed by atoms with Crippen LogP contribution in [-0.2, 0) is 33.8 Å². The maximum atomic E-state index is 12.6. The van der Waals surface area contributed by atoms with Crippen LogP contribution < -0.4 is 10.6 Å². The van der Waals surface area contributed by atoms with Crippen molar-refractivity contribution in [1.82, 2.24) is 20.8 Å². The fourth-order valence-electron chi connectivity index (χ4n) is 5.13. The normalized spacial score (nSPS) is 20.4. The van der Waals surface area contributed by atoms with E-state index in [0.717, 1.165) is 37.2 Å². The summed E-state index contributed by atoms with van der Waals surface area (Å²) in [6.45, 7) is 5.84. The van der Waals surface area contributed by atoms with E-state index in [0.29, 0.717) is 18.7 Å². The number of urea groups is 1. The summed E-state index contributed by atoms with van der Waals surface area (Å²) in [5, 5.41) is 24.5. The van der Waals surface area contributed by atoms with Crippen LogP contribution in [-0.4, -0.2) is 45.0 Å². The summed E-state index contributed by atoms with van der Waals surface area (Å²) in [6, 6.07) is 24.2. The summed E-state index contributed by atoms with van der Waals surface area (Å²) in [5.41, 5.74) is 4.62. The average molecular weight is 647 g/mol. The molecule has 1 aromatic heterocycles. The molecule has 11 heteroatoms. The molecular formula is C34H38N4O5S2. The standard InChI is InChI=1S/C34H38N4O5S2/c1-21-30(20-44-34-38-37-23(3)45-34)42-32(43-31(21)27-13-11-26(19-39)12-14-27)28-15-9-25(10-16-28)18-35-33(41)36-29(22(2)40)17-24-7-5-4-6-8-24/h4-16,21,29-32,39H,17-20H2,1-3H3,(H2,35,36,41)/t21-,29+,30+,31+,32?/m0/s1. The quantitative estimate of drug-likeness (QED) is 0.162. The van der Waals surface area contributed by atoms with Crippen LogP contribution in [0.4, 0.5) is 4.79 Å². The highest BCUT2D eigenvalue weighted by molar-refractivity contribution is 8.01. The van der Waals surface area contributed by atoms with Crippen molar-refractivity contribution in [3.63, 3.8) is 0 Å². The molecule has 1 saturated heterocycles. The van der Waals surface area contributed by atoms with E-state index in [4.69, 9.17) is 9.47 Å². The summed E-state index contributed by atoms with van der Waals surface area (Å²) < 4.78 is 14.0. The van der Waals surface area contributed by atoms with E-state index in [-0.39, 0.29) is 30.5 Å². The van der Waals surface area contributed by atoms with E-state index < -0.39 is 18.4 Å². The number of aliphatic hydroxyl groups excluding tert-OH is 1. The second-order valence-corrected chi connectivity index (χ2v) is 13.6. The van der Waals surface area contributed by atoms with Gasteiger partial charge in [-0.15, -0.1) is 10.2 Å². The third-order valence-corrected chi connectivity index (χ3v) is 9.85. The van der Waals surface area contributed by atoms with Crippen LogP contribution in [0.3, 0.4) is 0 Å². The SMILES string of the molecule is CC(=O)[C@@H](Cc1ccccc1)NC(=O)NCc1ccc(C2O[C@H](CSc3nnc(C)s3)[C@H](C)[C@H](c3ccc(CO)cc3)O2)cc1. The van der Waals surface area contributed by atoms with Crippen LogP contribution in [0.1, 0.15) is 59.1 Å². The third-order valence-electron chi connectivity index (χ3n) is 7.79. The number of nitrogens with one attached hydrogen (secondary N) is 2. The third kappa shape index (κ3) is 8.99. The molecule has 1 fully saturated rings. The molecule has 1 aliphatic rings. The molecule has 0 aliphatic carbocycles. The molecule has 3 aromatic carbocycles. The second-order valence-electron chi connectivity index (χ2n) is 11.1. The second kappa shape index (κ2) is 15.6. The Hall–Kier alpha value is -3.61. The minimum Gasteiger partial charge on any atom is -0.392 e. The lowest BCUT2D eigenvalue weighted by molar-refractivity contribution is -0.268. The fraction of sp³-hybridized carbons (Fsp3) is 0.353. The number of ether oxygens (including phenoxy) is 2. The number of Topliss-reactive ketones (excluding diaryl/α,β-unsaturated/α-hetero) is 1. The van der Waals surface area contributed by atoms with Crippen LogP contribution in [0, 0.1) is 12.8 Å². The van der Waals surface area contributed by atoms with Gasteiger partial charge < -0.3 is 25.2 Å². The highest BCUT2D eigenvalue weighted by Gasteiger charge is 2.38. The Morgan fingerprint density at radius 2 is 1.62 bits per heavy atom. The predicted molar refractivity (Wildman–Crippen MR) is 175 cm³/mol. The molecule has 0 saturated carbocycles. The Balaban J connectivity index is 1.23. The maximum Gasteiger partial charge on any atom is 0.315 e.